The van der Waals surface area contributed by atoms with Crippen LogP contribution in [0.3, 0.4) is 0 Å². The molecule has 0 unspecified atom stereocenters. The molecule has 0 N–H and O–H groups in total. The Labute approximate surface area is 201 Å². The average molecular weight is 513 g/mol. The lowest BCUT2D eigenvalue weighted by Crippen LogP contribution is -2.50. The van der Waals surface area contributed by atoms with Gasteiger partial charge in [0, 0.05) is 39.4 Å². The first kappa shape index (κ1) is 23.6. The number of hydrogen-bond donors (Lipinski definition) is 0. The molecule has 0 bridgehead atoms. The molecular weight excluding hydrogens is 491 g/mol. The van der Waals surface area contributed by atoms with Gasteiger partial charge in [0.25, 0.3) is 5.91 Å². The highest BCUT2D eigenvalue weighted by atomic mass is 35.5. The van der Waals surface area contributed by atoms with E-state index >= 15 is 0 Å². The van der Waals surface area contributed by atoms with E-state index in [9.17, 15) is 13.2 Å². The van der Waals surface area contributed by atoms with Crippen molar-refractivity contribution < 1.29 is 17.9 Å². The molecule has 10 nitrogen and oxygen atoms in total. The fraction of sp³-hybridized carbons (Fsp3) is 0.350. The summed E-state index contributed by atoms with van der Waals surface area (Å²) in [4.78, 5) is 14.6. The molecule has 1 saturated heterocycles. The van der Waals surface area contributed by atoms with Crippen LogP contribution < -0.4 is 4.74 Å². The first-order valence-electron chi connectivity index (χ1n) is 10.1. The van der Waals surface area contributed by atoms with Crippen molar-refractivity contribution in [2.24, 2.45) is 7.05 Å². The zero-order valence-electron chi connectivity index (χ0n) is 18.0. The molecular formula is C20H22Cl2N6O4S. The molecule has 0 atom stereocenters. The van der Waals surface area contributed by atoms with Crippen LogP contribution in [0.25, 0.3) is 0 Å². The Morgan fingerprint density at radius 2 is 1.88 bits per heavy atom. The Morgan fingerprint density at radius 1 is 1.15 bits per heavy atom. The Balaban J connectivity index is 1.36. The minimum Gasteiger partial charge on any atom is -0.470 e. The van der Waals surface area contributed by atoms with Gasteiger partial charge in [0.15, 0.2) is 12.4 Å². The van der Waals surface area contributed by atoms with Gasteiger partial charge in [0.1, 0.15) is 15.7 Å². The number of aromatic nitrogens is 4. The fourth-order valence-corrected chi connectivity index (χ4v) is 5.40. The van der Waals surface area contributed by atoms with Crippen LogP contribution in [0, 0.1) is 6.92 Å². The molecule has 1 aromatic carbocycles. The van der Waals surface area contributed by atoms with Gasteiger partial charge in [-0.2, -0.15) is 14.5 Å². The molecule has 33 heavy (non-hydrogen) atoms. The fourth-order valence-electron chi connectivity index (χ4n) is 3.44. The molecule has 0 spiro atoms. The smallest absolute Gasteiger partial charge is 0.274 e. The summed E-state index contributed by atoms with van der Waals surface area (Å²) in [6, 6.07) is 6.65. The quantitative estimate of drug-likeness (QED) is 0.502. The Morgan fingerprint density at radius 3 is 2.55 bits per heavy atom. The van der Waals surface area contributed by atoms with Gasteiger partial charge in [0.2, 0.25) is 10.0 Å². The van der Waals surface area contributed by atoms with Crippen LogP contribution >= 0.6 is 23.2 Å². The van der Waals surface area contributed by atoms with Crippen molar-refractivity contribution >= 4 is 39.1 Å². The second kappa shape index (κ2) is 9.34. The number of aryl methyl sites for hydroxylation is 1. The van der Waals surface area contributed by atoms with Crippen molar-refractivity contribution in [3.63, 3.8) is 0 Å². The van der Waals surface area contributed by atoms with Gasteiger partial charge < -0.3 is 9.64 Å². The van der Waals surface area contributed by atoms with E-state index in [0.29, 0.717) is 21.5 Å². The number of carbonyl (C=O) groups is 1. The first-order chi connectivity index (χ1) is 15.7. The number of benzene rings is 1. The minimum atomic E-state index is -3.67. The summed E-state index contributed by atoms with van der Waals surface area (Å²) in [6.07, 6.45) is 2.98. The second-order valence-corrected chi connectivity index (χ2v) is 10.2. The minimum absolute atomic E-state index is 0.0455. The maximum Gasteiger partial charge on any atom is 0.274 e. The number of hydrogen-bond acceptors (Lipinski definition) is 6. The summed E-state index contributed by atoms with van der Waals surface area (Å²) in [6.45, 7) is 2.67. The summed E-state index contributed by atoms with van der Waals surface area (Å²) in [5.74, 6) is 0.137. The maximum absolute atomic E-state index is 12.9. The van der Waals surface area contributed by atoms with E-state index in [1.165, 1.54) is 19.9 Å². The molecule has 1 amide bonds. The van der Waals surface area contributed by atoms with Crippen molar-refractivity contribution in [1.82, 2.24) is 28.8 Å². The average Bonchev–Trinajstić information content (AvgIpc) is 3.41. The lowest BCUT2D eigenvalue weighted by Gasteiger charge is -2.33. The number of sulfonamides is 1. The lowest BCUT2D eigenvalue weighted by molar-refractivity contribution is 0.0690. The van der Waals surface area contributed by atoms with Gasteiger partial charge in [0.05, 0.1) is 16.9 Å². The van der Waals surface area contributed by atoms with Gasteiger partial charge in [-0.3, -0.25) is 9.48 Å². The number of ether oxygens (including phenoxy) is 1. The molecule has 0 saturated carbocycles. The van der Waals surface area contributed by atoms with Gasteiger partial charge in [-0.25, -0.2) is 13.1 Å². The predicted octanol–water partition coefficient (Wildman–Crippen LogP) is 2.42. The van der Waals surface area contributed by atoms with Gasteiger partial charge in [-0.15, -0.1) is 0 Å². The molecule has 4 rings (SSSR count). The number of rotatable bonds is 6. The van der Waals surface area contributed by atoms with Crippen LogP contribution in [0.1, 0.15) is 16.2 Å². The molecule has 3 aromatic rings. The third-order valence-corrected chi connectivity index (χ3v) is 8.27. The highest BCUT2D eigenvalue weighted by Crippen LogP contribution is 2.31. The Bertz CT molecular complexity index is 1280. The van der Waals surface area contributed by atoms with Gasteiger partial charge in [-0.05, 0) is 25.1 Å². The molecule has 1 aliphatic rings. The number of piperazine rings is 1. The van der Waals surface area contributed by atoms with E-state index < -0.39 is 10.0 Å². The molecule has 3 heterocycles. The van der Waals surface area contributed by atoms with E-state index in [4.69, 9.17) is 27.9 Å². The van der Waals surface area contributed by atoms with E-state index in [1.807, 2.05) is 0 Å². The van der Waals surface area contributed by atoms with E-state index in [2.05, 4.69) is 10.2 Å². The normalized spacial score (nSPS) is 15.1. The highest BCUT2D eigenvalue weighted by Gasteiger charge is 2.33. The standard InChI is InChI=1S/C20H22Cl2N6O4S/c1-14-18(12-23-25(14)2)33(30,31)28-10-8-26(9-11-28)20(29)16-6-7-27(24-16)13-32-17-5-3-4-15(21)19(17)22/h3-7,12H,8-11,13H2,1-2H3. The first-order valence-corrected chi connectivity index (χ1v) is 12.3. The summed E-state index contributed by atoms with van der Waals surface area (Å²) in [5.41, 5.74) is 0.815. The van der Waals surface area contributed by atoms with Crippen LogP contribution in [0.2, 0.25) is 10.0 Å². The lowest BCUT2D eigenvalue weighted by atomic mass is 10.3. The topological polar surface area (TPSA) is 103 Å². The number of carbonyl (C=O) groups excluding carboxylic acids is 1. The summed E-state index contributed by atoms with van der Waals surface area (Å²) in [5, 5.41) is 8.96. The zero-order valence-corrected chi connectivity index (χ0v) is 20.3. The zero-order chi connectivity index (χ0) is 23.8. The Hall–Kier alpha value is -2.60. The van der Waals surface area contributed by atoms with E-state index in [-0.39, 0.29) is 49.4 Å². The molecule has 1 fully saturated rings. The van der Waals surface area contributed by atoms with Crippen molar-refractivity contribution in [2.45, 2.75) is 18.6 Å². The largest absolute Gasteiger partial charge is 0.470 e. The predicted molar refractivity (Wildman–Crippen MR) is 122 cm³/mol. The van der Waals surface area contributed by atoms with Crippen molar-refractivity contribution in [3.8, 4) is 5.75 Å². The van der Waals surface area contributed by atoms with Crippen molar-refractivity contribution in [3.05, 3.63) is 58.1 Å². The number of halogens is 2. The molecule has 1 aliphatic heterocycles. The maximum atomic E-state index is 12.9. The molecule has 176 valence electrons. The SMILES string of the molecule is Cc1c(S(=O)(=O)N2CCN(C(=O)c3ccn(COc4cccc(Cl)c4Cl)n3)CC2)cnn1C. The second-order valence-electron chi connectivity index (χ2n) is 7.48. The molecule has 0 aliphatic carbocycles. The van der Waals surface area contributed by atoms with Gasteiger partial charge >= 0.3 is 0 Å². The summed E-state index contributed by atoms with van der Waals surface area (Å²) >= 11 is 12.1. The summed E-state index contributed by atoms with van der Waals surface area (Å²) < 4.78 is 35.8. The molecule has 0 radical (unpaired) electrons. The van der Waals surface area contributed by atoms with Crippen molar-refractivity contribution in [1.29, 1.82) is 0 Å². The van der Waals surface area contributed by atoms with Crippen LogP contribution in [0.5, 0.6) is 5.75 Å². The molecule has 13 heteroatoms. The highest BCUT2D eigenvalue weighted by molar-refractivity contribution is 7.89. The van der Waals surface area contributed by atoms with Crippen LogP contribution in [0.15, 0.2) is 41.6 Å². The third kappa shape index (κ3) is 4.72. The molecule has 2 aromatic heterocycles. The van der Waals surface area contributed by atoms with E-state index in [0.717, 1.165) is 0 Å². The van der Waals surface area contributed by atoms with Gasteiger partial charge in [-0.1, -0.05) is 29.3 Å². The number of amides is 1. The third-order valence-electron chi connectivity index (χ3n) is 5.46. The van der Waals surface area contributed by atoms with Crippen LogP contribution in [-0.4, -0.2) is 69.3 Å². The monoisotopic (exact) mass is 512 g/mol. The number of nitrogens with zero attached hydrogens (tertiary/aromatic N) is 6. The van der Waals surface area contributed by atoms with E-state index in [1.54, 1.807) is 49.3 Å². The van der Waals surface area contributed by atoms with Crippen LogP contribution in [0.4, 0.5) is 0 Å². The van der Waals surface area contributed by atoms with Crippen molar-refractivity contribution in [2.75, 3.05) is 26.2 Å². The summed E-state index contributed by atoms with van der Waals surface area (Å²) in [7, 11) is -1.97. The Kier molecular flexibility index (Phi) is 6.66. The van der Waals surface area contributed by atoms with Crippen LogP contribution in [-0.2, 0) is 23.8 Å².